The van der Waals surface area contributed by atoms with Crippen LogP contribution in [0.1, 0.15) is 12.8 Å². The van der Waals surface area contributed by atoms with Gasteiger partial charge in [-0.1, -0.05) is 0 Å². The summed E-state index contributed by atoms with van der Waals surface area (Å²) in [6, 6.07) is 0. The van der Waals surface area contributed by atoms with Gasteiger partial charge in [0.25, 0.3) is 0 Å². The van der Waals surface area contributed by atoms with Gasteiger partial charge in [0.15, 0.2) is 0 Å². The Bertz CT molecular complexity index is 175. The van der Waals surface area contributed by atoms with Crippen LogP contribution in [-0.2, 0) is 0 Å². The molecule has 1 heterocycles. The second kappa shape index (κ2) is 4.73. The topological polar surface area (TPSA) is 58.1 Å². The van der Waals surface area contributed by atoms with E-state index in [1.807, 2.05) is 0 Å². The van der Waals surface area contributed by atoms with Crippen molar-refractivity contribution in [3.63, 3.8) is 0 Å². The molecule has 0 saturated carbocycles. The van der Waals surface area contributed by atoms with E-state index in [0.717, 1.165) is 12.8 Å². The van der Waals surface area contributed by atoms with Crippen LogP contribution in [0.15, 0.2) is 12.5 Å². The van der Waals surface area contributed by atoms with E-state index < -0.39 is 0 Å². The zero-order valence-electron chi connectivity index (χ0n) is 6.29. The highest BCUT2D eigenvalue weighted by molar-refractivity contribution is 5.00. The number of ether oxygens (including phenoxy) is 1. The predicted molar refractivity (Wildman–Crippen MR) is 40.4 cm³/mol. The lowest BCUT2D eigenvalue weighted by Crippen LogP contribution is -1.98. The third kappa shape index (κ3) is 3.04. The SMILES string of the molecule is OCCCCOc1cnc[nH]1. The largest absolute Gasteiger partial charge is 0.478 e. The van der Waals surface area contributed by atoms with Gasteiger partial charge < -0.3 is 14.8 Å². The number of unbranched alkanes of at least 4 members (excludes halogenated alkanes) is 1. The maximum Gasteiger partial charge on any atom is 0.210 e. The Morgan fingerprint density at radius 2 is 2.45 bits per heavy atom. The van der Waals surface area contributed by atoms with E-state index in [1.165, 1.54) is 0 Å². The van der Waals surface area contributed by atoms with Crippen LogP contribution in [0, 0.1) is 0 Å². The normalized spacial score (nSPS) is 9.91. The van der Waals surface area contributed by atoms with Crippen LogP contribution >= 0.6 is 0 Å². The Hall–Kier alpha value is -1.03. The maximum absolute atomic E-state index is 8.45. The average molecular weight is 156 g/mol. The molecule has 0 aliphatic heterocycles. The molecule has 0 aromatic carbocycles. The van der Waals surface area contributed by atoms with E-state index in [1.54, 1.807) is 12.5 Å². The fraction of sp³-hybridized carbons (Fsp3) is 0.571. The van der Waals surface area contributed by atoms with Crippen LogP contribution in [0.25, 0.3) is 0 Å². The summed E-state index contributed by atoms with van der Waals surface area (Å²) in [5, 5.41) is 8.45. The third-order valence-electron chi connectivity index (χ3n) is 1.28. The molecule has 0 aliphatic rings. The molecule has 62 valence electrons. The number of hydrogen-bond donors (Lipinski definition) is 2. The number of aliphatic hydroxyl groups is 1. The summed E-state index contributed by atoms with van der Waals surface area (Å²) in [5.41, 5.74) is 0. The van der Waals surface area contributed by atoms with Gasteiger partial charge in [-0.25, -0.2) is 4.98 Å². The molecule has 0 spiro atoms. The first kappa shape index (κ1) is 8.07. The number of rotatable bonds is 5. The molecule has 0 bridgehead atoms. The summed E-state index contributed by atoms with van der Waals surface area (Å²) in [6.07, 6.45) is 4.85. The minimum Gasteiger partial charge on any atom is -0.478 e. The van der Waals surface area contributed by atoms with Gasteiger partial charge in [-0.3, -0.25) is 0 Å². The average Bonchev–Trinajstić information content (AvgIpc) is 2.50. The van der Waals surface area contributed by atoms with E-state index in [2.05, 4.69) is 9.97 Å². The van der Waals surface area contributed by atoms with Crippen molar-refractivity contribution < 1.29 is 9.84 Å². The van der Waals surface area contributed by atoms with Crippen molar-refractivity contribution in [1.29, 1.82) is 0 Å². The van der Waals surface area contributed by atoms with Gasteiger partial charge in [-0.05, 0) is 12.8 Å². The predicted octanol–water partition coefficient (Wildman–Crippen LogP) is 0.561. The van der Waals surface area contributed by atoms with Gasteiger partial charge in [0, 0.05) is 6.61 Å². The van der Waals surface area contributed by atoms with Gasteiger partial charge in [-0.15, -0.1) is 0 Å². The lowest BCUT2D eigenvalue weighted by molar-refractivity contribution is 0.249. The molecule has 4 nitrogen and oxygen atoms in total. The number of imidazole rings is 1. The van der Waals surface area contributed by atoms with Crippen LogP contribution in [0.4, 0.5) is 0 Å². The van der Waals surface area contributed by atoms with Crippen molar-refractivity contribution in [3.8, 4) is 5.88 Å². The molecule has 1 aromatic heterocycles. The van der Waals surface area contributed by atoms with Crippen molar-refractivity contribution in [1.82, 2.24) is 9.97 Å². The molecule has 0 atom stereocenters. The molecule has 0 unspecified atom stereocenters. The highest BCUT2D eigenvalue weighted by Crippen LogP contribution is 2.02. The molecule has 4 heteroatoms. The molecule has 0 aliphatic carbocycles. The summed E-state index contributed by atoms with van der Waals surface area (Å²) in [5.74, 6) is 0.683. The Morgan fingerprint density at radius 1 is 1.55 bits per heavy atom. The van der Waals surface area contributed by atoms with Crippen LogP contribution in [-0.4, -0.2) is 28.3 Å². The Balaban J connectivity index is 2.04. The van der Waals surface area contributed by atoms with Crippen molar-refractivity contribution in [2.24, 2.45) is 0 Å². The molecule has 0 amide bonds. The molecule has 11 heavy (non-hydrogen) atoms. The first-order valence-corrected chi connectivity index (χ1v) is 3.65. The lowest BCUT2D eigenvalue weighted by Gasteiger charge is -2.00. The fourth-order valence-corrected chi connectivity index (χ4v) is 0.718. The molecule has 0 fully saturated rings. The minimum atomic E-state index is 0.229. The van der Waals surface area contributed by atoms with Gasteiger partial charge in [0.2, 0.25) is 5.88 Å². The van der Waals surface area contributed by atoms with E-state index in [-0.39, 0.29) is 6.61 Å². The summed E-state index contributed by atoms with van der Waals surface area (Å²) in [7, 11) is 0. The molecule has 1 rings (SSSR count). The maximum atomic E-state index is 8.45. The van der Waals surface area contributed by atoms with Crippen LogP contribution in [0.3, 0.4) is 0 Å². The van der Waals surface area contributed by atoms with E-state index in [0.29, 0.717) is 12.5 Å². The summed E-state index contributed by atoms with van der Waals surface area (Å²) in [6.45, 7) is 0.856. The quantitative estimate of drug-likeness (QED) is 0.612. The number of hydrogen-bond acceptors (Lipinski definition) is 3. The summed E-state index contributed by atoms with van der Waals surface area (Å²) < 4.78 is 5.22. The number of aliphatic hydroxyl groups excluding tert-OH is 1. The molecule has 2 N–H and O–H groups in total. The number of aromatic amines is 1. The summed E-state index contributed by atoms with van der Waals surface area (Å²) >= 11 is 0. The zero-order valence-corrected chi connectivity index (χ0v) is 6.29. The van der Waals surface area contributed by atoms with Crippen molar-refractivity contribution in [2.45, 2.75) is 12.8 Å². The van der Waals surface area contributed by atoms with Crippen LogP contribution < -0.4 is 4.74 Å². The Kier molecular flexibility index (Phi) is 3.47. The number of aromatic nitrogens is 2. The molecular weight excluding hydrogens is 144 g/mol. The van der Waals surface area contributed by atoms with Gasteiger partial charge in [-0.2, -0.15) is 0 Å². The fourth-order valence-electron chi connectivity index (χ4n) is 0.718. The molecular formula is C7H12N2O2. The Labute approximate surface area is 65.2 Å². The number of nitrogens with zero attached hydrogens (tertiary/aromatic N) is 1. The van der Waals surface area contributed by atoms with Crippen molar-refractivity contribution in [3.05, 3.63) is 12.5 Å². The van der Waals surface area contributed by atoms with Gasteiger partial charge in [0.05, 0.1) is 19.1 Å². The van der Waals surface area contributed by atoms with Gasteiger partial charge >= 0.3 is 0 Å². The molecule has 1 aromatic rings. The van der Waals surface area contributed by atoms with Crippen molar-refractivity contribution >= 4 is 0 Å². The highest BCUT2D eigenvalue weighted by Gasteiger charge is 1.92. The standard InChI is InChI=1S/C7H12N2O2/c10-3-1-2-4-11-7-5-8-6-9-7/h5-6,10H,1-4H2,(H,8,9). The lowest BCUT2D eigenvalue weighted by atomic mass is 10.3. The first-order chi connectivity index (χ1) is 5.43. The minimum absolute atomic E-state index is 0.229. The first-order valence-electron chi connectivity index (χ1n) is 3.65. The molecule has 0 radical (unpaired) electrons. The van der Waals surface area contributed by atoms with Crippen molar-refractivity contribution in [2.75, 3.05) is 13.2 Å². The molecule has 0 saturated heterocycles. The van der Waals surface area contributed by atoms with Crippen LogP contribution in [0.5, 0.6) is 5.88 Å². The number of nitrogens with one attached hydrogen (secondary N) is 1. The zero-order chi connectivity index (χ0) is 7.94. The Morgan fingerprint density at radius 3 is 3.09 bits per heavy atom. The second-order valence-corrected chi connectivity index (χ2v) is 2.20. The van der Waals surface area contributed by atoms with Crippen LogP contribution in [0.2, 0.25) is 0 Å². The highest BCUT2D eigenvalue weighted by atomic mass is 16.5. The van der Waals surface area contributed by atoms with E-state index >= 15 is 0 Å². The van der Waals surface area contributed by atoms with Gasteiger partial charge in [0.1, 0.15) is 0 Å². The van der Waals surface area contributed by atoms with E-state index in [4.69, 9.17) is 9.84 Å². The third-order valence-corrected chi connectivity index (χ3v) is 1.28. The monoisotopic (exact) mass is 156 g/mol. The second-order valence-electron chi connectivity index (χ2n) is 2.20. The number of H-pyrrole nitrogens is 1. The smallest absolute Gasteiger partial charge is 0.210 e. The summed E-state index contributed by atoms with van der Waals surface area (Å²) in [4.78, 5) is 6.61. The van der Waals surface area contributed by atoms with E-state index in [9.17, 15) is 0 Å².